The molecule has 0 saturated heterocycles. The van der Waals surface area contributed by atoms with Gasteiger partial charge in [0.25, 0.3) is 5.91 Å². The van der Waals surface area contributed by atoms with E-state index >= 15 is 0 Å². The summed E-state index contributed by atoms with van der Waals surface area (Å²) in [5, 5.41) is 15.6. The van der Waals surface area contributed by atoms with E-state index in [1.54, 1.807) is 49.7 Å². The lowest BCUT2D eigenvalue weighted by Gasteiger charge is -2.23. The second kappa shape index (κ2) is 6.93. The number of amides is 2. The Labute approximate surface area is 139 Å². The molecule has 122 valence electrons. The van der Waals surface area contributed by atoms with Gasteiger partial charge in [0, 0.05) is 5.41 Å². The van der Waals surface area contributed by atoms with E-state index in [0.29, 0.717) is 5.56 Å². The van der Waals surface area contributed by atoms with Crippen LogP contribution >= 0.6 is 11.3 Å². The highest BCUT2D eigenvalue weighted by atomic mass is 32.1. The van der Waals surface area contributed by atoms with E-state index in [1.807, 2.05) is 29.0 Å². The third-order valence-corrected chi connectivity index (χ3v) is 4.11. The third-order valence-electron chi connectivity index (χ3n) is 3.43. The Bertz CT molecular complexity index is 673. The summed E-state index contributed by atoms with van der Waals surface area (Å²) in [5.41, 5.74) is 3.71. The molecule has 1 aromatic carbocycles. The highest BCUT2D eigenvalue weighted by Crippen LogP contribution is 2.25. The minimum absolute atomic E-state index is 0.270. The second-order valence-corrected chi connectivity index (χ2v) is 7.05. The first kappa shape index (κ1) is 17.2. The molecule has 1 unspecified atom stereocenters. The molecule has 0 saturated carbocycles. The fourth-order valence-corrected chi connectivity index (χ4v) is 2.67. The summed E-state index contributed by atoms with van der Waals surface area (Å²) < 4.78 is 0. The molecule has 23 heavy (non-hydrogen) atoms. The zero-order chi connectivity index (χ0) is 17.0. The molecule has 3 N–H and O–H groups in total. The SMILES string of the molecule is CC(C)(C)C(=O)NC(C(=O)NO)c1ccc(-c2ccsc2)cc1. The Morgan fingerprint density at radius 3 is 2.22 bits per heavy atom. The number of carbonyl (C=O) groups is 2. The molecule has 2 aromatic rings. The van der Waals surface area contributed by atoms with Crippen LogP contribution in [0.4, 0.5) is 0 Å². The fourth-order valence-electron chi connectivity index (χ4n) is 2.01. The van der Waals surface area contributed by atoms with Crippen LogP contribution in [0.25, 0.3) is 11.1 Å². The molecule has 0 radical (unpaired) electrons. The van der Waals surface area contributed by atoms with Crippen LogP contribution in [-0.2, 0) is 9.59 Å². The van der Waals surface area contributed by atoms with Crippen molar-refractivity contribution in [1.82, 2.24) is 10.8 Å². The van der Waals surface area contributed by atoms with Gasteiger partial charge in [-0.25, -0.2) is 5.48 Å². The van der Waals surface area contributed by atoms with Crippen LogP contribution < -0.4 is 10.8 Å². The van der Waals surface area contributed by atoms with Crippen molar-refractivity contribution in [3.8, 4) is 11.1 Å². The maximum Gasteiger partial charge on any atom is 0.270 e. The standard InChI is InChI=1S/C17H20N2O3S/c1-17(2,3)16(21)18-14(15(20)19-22)12-6-4-11(5-7-12)13-8-9-23-10-13/h4-10,14,22H,1-3H3,(H,18,21)(H,19,20). The Balaban J connectivity index is 2.25. The first-order valence-corrected chi connectivity index (χ1v) is 8.14. The Kier molecular flexibility index (Phi) is 5.18. The minimum Gasteiger partial charge on any atom is -0.340 e. The van der Waals surface area contributed by atoms with Gasteiger partial charge in [0.1, 0.15) is 6.04 Å². The Morgan fingerprint density at radius 2 is 1.74 bits per heavy atom. The molecule has 2 amide bonds. The van der Waals surface area contributed by atoms with E-state index in [-0.39, 0.29) is 5.91 Å². The molecule has 0 spiro atoms. The van der Waals surface area contributed by atoms with E-state index in [1.165, 1.54) is 0 Å². The molecule has 0 bridgehead atoms. The van der Waals surface area contributed by atoms with E-state index < -0.39 is 17.4 Å². The van der Waals surface area contributed by atoms with Crippen molar-refractivity contribution >= 4 is 23.2 Å². The lowest BCUT2D eigenvalue weighted by Crippen LogP contribution is -2.43. The van der Waals surface area contributed by atoms with Gasteiger partial charge < -0.3 is 5.32 Å². The molecule has 1 heterocycles. The summed E-state index contributed by atoms with van der Waals surface area (Å²) in [6.45, 7) is 5.28. The molecule has 0 aliphatic rings. The number of rotatable bonds is 4. The van der Waals surface area contributed by atoms with Crippen molar-refractivity contribution in [3.05, 3.63) is 46.7 Å². The molecule has 6 heteroatoms. The topological polar surface area (TPSA) is 78.4 Å². The summed E-state index contributed by atoms with van der Waals surface area (Å²) in [4.78, 5) is 24.1. The quantitative estimate of drug-likeness (QED) is 0.594. The third kappa shape index (κ3) is 4.18. The van der Waals surface area contributed by atoms with Gasteiger partial charge in [-0.3, -0.25) is 14.8 Å². The molecule has 1 atom stereocenters. The smallest absolute Gasteiger partial charge is 0.270 e. The average molecular weight is 332 g/mol. The largest absolute Gasteiger partial charge is 0.340 e. The summed E-state index contributed by atoms with van der Waals surface area (Å²) >= 11 is 1.61. The van der Waals surface area contributed by atoms with Crippen LogP contribution in [0.5, 0.6) is 0 Å². The number of carbonyl (C=O) groups excluding carboxylic acids is 2. The van der Waals surface area contributed by atoms with E-state index in [2.05, 4.69) is 5.32 Å². The molecule has 1 aromatic heterocycles. The maximum atomic E-state index is 12.2. The maximum absolute atomic E-state index is 12.2. The average Bonchev–Trinajstić information content (AvgIpc) is 3.05. The lowest BCUT2D eigenvalue weighted by atomic mass is 9.94. The number of benzene rings is 1. The monoisotopic (exact) mass is 332 g/mol. The Morgan fingerprint density at radius 1 is 1.09 bits per heavy atom. The lowest BCUT2D eigenvalue weighted by molar-refractivity contribution is -0.137. The van der Waals surface area contributed by atoms with Crippen LogP contribution in [0.3, 0.4) is 0 Å². The van der Waals surface area contributed by atoms with Crippen molar-refractivity contribution in [1.29, 1.82) is 0 Å². The molecule has 2 rings (SSSR count). The van der Waals surface area contributed by atoms with Crippen LogP contribution in [0, 0.1) is 5.41 Å². The number of thiophene rings is 1. The van der Waals surface area contributed by atoms with Gasteiger partial charge in [0.05, 0.1) is 0 Å². The minimum atomic E-state index is -0.941. The predicted octanol–water partition coefficient (Wildman–Crippen LogP) is 3.12. The van der Waals surface area contributed by atoms with Crippen LogP contribution in [0.1, 0.15) is 32.4 Å². The van der Waals surface area contributed by atoms with Crippen LogP contribution in [0.15, 0.2) is 41.1 Å². The van der Waals surface area contributed by atoms with Crippen molar-refractivity contribution < 1.29 is 14.8 Å². The Hall–Kier alpha value is -2.18. The van der Waals surface area contributed by atoms with Crippen LogP contribution in [-0.4, -0.2) is 17.0 Å². The predicted molar refractivity (Wildman–Crippen MR) is 90.0 cm³/mol. The van der Waals surface area contributed by atoms with Gasteiger partial charge in [-0.05, 0) is 33.5 Å². The number of nitrogens with one attached hydrogen (secondary N) is 2. The zero-order valence-electron chi connectivity index (χ0n) is 13.3. The van der Waals surface area contributed by atoms with E-state index in [0.717, 1.165) is 11.1 Å². The summed E-state index contributed by atoms with van der Waals surface area (Å²) in [7, 11) is 0. The zero-order valence-corrected chi connectivity index (χ0v) is 14.1. The summed E-state index contributed by atoms with van der Waals surface area (Å²) in [6.07, 6.45) is 0. The van der Waals surface area contributed by atoms with E-state index in [4.69, 9.17) is 5.21 Å². The van der Waals surface area contributed by atoms with Gasteiger partial charge in [0.15, 0.2) is 0 Å². The van der Waals surface area contributed by atoms with Crippen molar-refractivity contribution in [2.24, 2.45) is 5.41 Å². The first-order chi connectivity index (χ1) is 10.8. The van der Waals surface area contributed by atoms with Gasteiger partial charge in [-0.2, -0.15) is 11.3 Å². The number of hydrogen-bond acceptors (Lipinski definition) is 4. The van der Waals surface area contributed by atoms with Crippen molar-refractivity contribution in [3.63, 3.8) is 0 Å². The normalized spacial score (nSPS) is 12.5. The van der Waals surface area contributed by atoms with Crippen molar-refractivity contribution in [2.75, 3.05) is 0 Å². The summed E-state index contributed by atoms with van der Waals surface area (Å²) in [6, 6.07) is 8.39. The fraction of sp³-hybridized carbons (Fsp3) is 0.294. The number of hydroxylamine groups is 1. The molecular formula is C17H20N2O3S. The van der Waals surface area contributed by atoms with Crippen LogP contribution in [0.2, 0.25) is 0 Å². The van der Waals surface area contributed by atoms with Gasteiger partial charge in [-0.15, -0.1) is 0 Å². The van der Waals surface area contributed by atoms with Crippen molar-refractivity contribution in [2.45, 2.75) is 26.8 Å². The molecule has 0 fully saturated rings. The first-order valence-electron chi connectivity index (χ1n) is 7.20. The highest BCUT2D eigenvalue weighted by Gasteiger charge is 2.28. The molecule has 5 nitrogen and oxygen atoms in total. The van der Waals surface area contributed by atoms with E-state index in [9.17, 15) is 9.59 Å². The molecule has 0 aliphatic carbocycles. The second-order valence-electron chi connectivity index (χ2n) is 6.27. The highest BCUT2D eigenvalue weighted by molar-refractivity contribution is 7.08. The molecular weight excluding hydrogens is 312 g/mol. The molecule has 0 aliphatic heterocycles. The number of hydrogen-bond donors (Lipinski definition) is 3. The van der Waals surface area contributed by atoms with Gasteiger partial charge in [-0.1, -0.05) is 45.0 Å². The van der Waals surface area contributed by atoms with Gasteiger partial charge in [0.2, 0.25) is 5.91 Å². The summed E-state index contributed by atoms with van der Waals surface area (Å²) in [5.74, 6) is -0.945. The van der Waals surface area contributed by atoms with Gasteiger partial charge >= 0.3 is 0 Å².